The first kappa shape index (κ1) is 16.7. The second kappa shape index (κ2) is 6.75. The van der Waals surface area contributed by atoms with Gasteiger partial charge >= 0.3 is 0 Å². The topological polar surface area (TPSA) is 35.6 Å². The quantitative estimate of drug-likeness (QED) is 0.897. The van der Waals surface area contributed by atoms with E-state index in [1.165, 1.54) is 6.07 Å². The van der Waals surface area contributed by atoms with Gasteiger partial charge in [0.25, 0.3) is 0 Å². The van der Waals surface area contributed by atoms with Crippen LogP contribution in [0.3, 0.4) is 0 Å². The van der Waals surface area contributed by atoms with Gasteiger partial charge in [-0.15, -0.1) is 0 Å². The molecule has 1 amide bonds. The molecule has 1 N–H and O–H groups in total. The summed E-state index contributed by atoms with van der Waals surface area (Å²) in [6, 6.07) is 4.83. The molecule has 1 atom stereocenters. The minimum absolute atomic E-state index is 0.0187. The molecule has 2 aliphatic rings. The Hall–Kier alpha value is -1.17. The van der Waals surface area contributed by atoms with Crippen molar-refractivity contribution in [2.75, 3.05) is 33.2 Å². The molecule has 126 valence electrons. The van der Waals surface area contributed by atoms with E-state index in [9.17, 15) is 9.18 Å². The summed E-state index contributed by atoms with van der Waals surface area (Å²) < 4.78 is 14.1. The first-order valence-corrected chi connectivity index (χ1v) is 8.51. The summed E-state index contributed by atoms with van der Waals surface area (Å²) in [7, 11) is 2.13. The Morgan fingerprint density at radius 3 is 2.96 bits per heavy atom. The fourth-order valence-electron chi connectivity index (χ4n) is 3.72. The smallest absolute Gasteiger partial charge is 0.220 e. The van der Waals surface area contributed by atoms with Crippen LogP contribution in [0.1, 0.15) is 24.8 Å². The highest BCUT2D eigenvalue weighted by Crippen LogP contribution is 2.32. The van der Waals surface area contributed by atoms with Gasteiger partial charge < -0.3 is 5.32 Å². The van der Waals surface area contributed by atoms with Gasteiger partial charge in [-0.2, -0.15) is 0 Å². The van der Waals surface area contributed by atoms with E-state index in [0.717, 1.165) is 32.5 Å². The fraction of sp³-hybridized carbons (Fsp3) is 0.588. The highest BCUT2D eigenvalue weighted by atomic mass is 35.5. The largest absolute Gasteiger partial charge is 0.356 e. The SMILES string of the molecule is CN1CCN(Cc2c(F)cccc2Cl)CC12CCNC(=O)CC2. The van der Waals surface area contributed by atoms with Gasteiger partial charge in [-0.1, -0.05) is 17.7 Å². The van der Waals surface area contributed by atoms with Crippen molar-refractivity contribution in [2.45, 2.75) is 31.3 Å². The summed E-state index contributed by atoms with van der Waals surface area (Å²) in [6.45, 7) is 3.85. The first-order valence-electron chi connectivity index (χ1n) is 8.13. The third-order valence-electron chi connectivity index (χ3n) is 5.25. The predicted molar refractivity (Wildman–Crippen MR) is 88.9 cm³/mol. The average Bonchev–Trinajstić information content (AvgIpc) is 2.70. The molecule has 2 heterocycles. The molecule has 0 aliphatic carbocycles. The summed E-state index contributed by atoms with van der Waals surface area (Å²) in [5.41, 5.74) is 0.548. The molecule has 1 unspecified atom stereocenters. The van der Waals surface area contributed by atoms with E-state index < -0.39 is 0 Å². The molecule has 0 radical (unpaired) electrons. The summed E-state index contributed by atoms with van der Waals surface area (Å²) >= 11 is 6.17. The van der Waals surface area contributed by atoms with Gasteiger partial charge in [0.05, 0.1) is 0 Å². The average molecular weight is 340 g/mol. The number of halogens is 2. The van der Waals surface area contributed by atoms with Gasteiger partial charge in [0.2, 0.25) is 5.91 Å². The lowest BCUT2D eigenvalue weighted by molar-refractivity contribution is -0.121. The van der Waals surface area contributed by atoms with E-state index in [1.54, 1.807) is 12.1 Å². The number of rotatable bonds is 2. The standard InChI is InChI=1S/C17H23ClFN3O/c1-21-9-10-22(11-13-14(18)3-2-4-15(13)19)12-17(21)6-5-16(23)20-8-7-17/h2-4H,5-12H2,1H3,(H,20,23). The van der Waals surface area contributed by atoms with Gasteiger partial charge in [0, 0.05) is 55.3 Å². The third-order valence-corrected chi connectivity index (χ3v) is 5.61. The van der Waals surface area contributed by atoms with Crippen molar-refractivity contribution in [3.8, 4) is 0 Å². The molecule has 3 rings (SSSR count). The Bertz CT molecular complexity index is 577. The molecule has 0 saturated carbocycles. The summed E-state index contributed by atoms with van der Waals surface area (Å²) in [5, 5.41) is 3.44. The van der Waals surface area contributed by atoms with Crippen LogP contribution in [0, 0.1) is 5.82 Å². The van der Waals surface area contributed by atoms with Gasteiger partial charge in [0.15, 0.2) is 0 Å². The lowest BCUT2D eigenvalue weighted by Gasteiger charge is -2.49. The Balaban J connectivity index is 1.76. The molecule has 23 heavy (non-hydrogen) atoms. The molecule has 1 aromatic rings. The molecule has 0 aromatic heterocycles. The van der Waals surface area contributed by atoms with Crippen LogP contribution in [0.25, 0.3) is 0 Å². The highest BCUT2D eigenvalue weighted by Gasteiger charge is 2.40. The lowest BCUT2D eigenvalue weighted by atomic mass is 9.86. The van der Waals surface area contributed by atoms with Crippen molar-refractivity contribution in [1.82, 2.24) is 15.1 Å². The Morgan fingerprint density at radius 2 is 2.17 bits per heavy atom. The van der Waals surface area contributed by atoms with E-state index in [-0.39, 0.29) is 17.3 Å². The van der Waals surface area contributed by atoms with Crippen molar-refractivity contribution >= 4 is 17.5 Å². The Labute approximate surface area is 141 Å². The summed E-state index contributed by atoms with van der Waals surface area (Å²) in [4.78, 5) is 16.3. The van der Waals surface area contributed by atoms with E-state index in [2.05, 4.69) is 22.2 Å². The molecule has 2 fully saturated rings. The van der Waals surface area contributed by atoms with Crippen LogP contribution < -0.4 is 5.32 Å². The maximum absolute atomic E-state index is 14.1. The molecule has 1 spiro atoms. The summed E-state index contributed by atoms with van der Waals surface area (Å²) in [5.74, 6) is -0.118. The van der Waals surface area contributed by atoms with E-state index in [4.69, 9.17) is 11.6 Å². The third kappa shape index (κ3) is 3.52. The van der Waals surface area contributed by atoms with Crippen LogP contribution in [0.15, 0.2) is 18.2 Å². The second-order valence-corrected chi connectivity index (χ2v) is 7.06. The molecule has 2 aliphatic heterocycles. The van der Waals surface area contributed by atoms with Crippen molar-refractivity contribution in [2.24, 2.45) is 0 Å². The van der Waals surface area contributed by atoms with Gasteiger partial charge in [-0.25, -0.2) is 4.39 Å². The summed E-state index contributed by atoms with van der Waals surface area (Å²) in [6.07, 6.45) is 2.33. The number of hydrogen-bond acceptors (Lipinski definition) is 3. The monoisotopic (exact) mass is 339 g/mol. The Kier molecular flexibility index (Phi) is 4.90. The second-order valence-electron chi connectivity index (χ2n) is 6.66. The minimum atomic E-state index is -0.247. The van der Waals surface area contributed by atoms with Gasteiger partial charge in [-0.05, 0) is 32.0 Å². The van der Waals surface area contributed by atoms with Crippen LogP contribution in [-0.4, -0.2) is 54.5 Å². The molecule has 4 nitrogen and oxygen atoms in total. The van der Waals surface area contributed by atoms with Crippen LogP contribution in [0.5, 0.6) is 0 Å². The van der Waals surface area contributed by atoms with Crippen molar-refractivity contribution in [1.29, 1.82) is 0 Å². The zero-order chi connectivity index (χ0) is 16.4. The maximum Gasteiger partial charge on any atom is 0.220 e. The van der Waals surface area contributed by atoms with Gasteiger partial charge in [-0.3, -0.25) is 14.6 Å². The molecular weight excluding hydrogens is 317 g/mol. The maximum atomic E-state index is 14.1. The number of piperazine rings is 1. The van der Waals surface area contributed by atoms with Crippen molar-refractivity contribution in [3.05, 3.63) is 34.6 Å². The molecule has 1 aromatic carbocycles. The van der Waals surface area contributed by atoms with Crippen LogP contribution in [-0.2, 0) is 11.3 Å². The fourth-order valence-corrected chi connectivity index (χ4v) is 3.94. The van der Waals surface area contributed by atoms with E-state index in [0.29, 0.717) is 30.1 Å². The normalized spacial score (nSPS) is 27.0. The van der Waals surface area contributed by atoms with E-state index in [1.807, 2.05) is 0 Å². The minimum Gasteiger partial charge on any atom is -0.356 e. The number of carbonyl (C=O) groups excluding carboxylic acids is 1. The van der Waals surface area contributed by atoms with Crippen LogP contribution >= 0.6 is 11.6 Å². The molecular formula is C17H23ClFN3O. The highest BCUT2D eigenvalue weighted by molar-refractivity contribution is 6.31. The molecule has 2 saturated heterocycles. The Morgan fingerprint density at radius 1 is 1.35 bits per heavy atom. The zero-order valence-electron chi connectivity index (χ0n) is 13.4. The first-order chi connectivity index (χ1) is 11.0. The van der Waals surface area contributed by atoms with E-state index >= 15 is 0 Å². The molecule has 0 bridgehead atoms. The van der Waals surface area contributed by atoms with Gasteiger partial charge in [0.1, 0.15) is 5.82 Å². The van der Waals surface area contributed by atoms with Crippen molar-refractivity contribution in [3.63, 3.8) is 0 Å². The predicted octanol–water partition coefficient (Wildman–Crippen LogP) is 2.27. The van der Waals surface area contributed by atoms with Crippen LogP contribution in [0.2, 0.25) is 5.02 Å². The number of carbonyl (C=O) groups is 1. The van der Waals surface area contributed by atoms with Crippen molar-refractivity contribution < 1.29 is 9.18 Å². The number of benzene rings is 1. The number of likely N-dealkylation sites (N-methyl/N-ethyl adjacent to an activating group) is 1. The molecule has 6 heteroatoms. The number of hydrogen-bond donors (Lipinski definition) is 1. The number of nitrogens with zero attached hydrogens (tertiary/aromatic N) is 2. The zero-order valence-corrected chi connectivity index (χ0v) is 14.2. The van der Waals surface area contributed by atoms with Crippen LogP contribution in [0.4, 0.5) is 4.39 Å². The number of amides is 1. The lowest BCUT2D eigenvalue weighted by Crippen LogP contribution is -2.60. The number of nitrogens with one attached hydrogen (secondary N) is 1.